The predicted octanol–water partition coefficient (Wildman–Crippen LogP) is 3.69. The maximum absolute atomic E-state index is 12.7. The molecule has 2 heterocycles. The molecule has 0 saturated carbocycles. The monoisotopic (exact) mass is 399 g/mol. The zero-order valence-corrected chi connectivity index (χ0v) is 16.8. The highest BCUT2D eigenvalue weighted by atomic mass is 32.2. The number of Topliss-reactive ketones (excluding diaryl/α,β-unsaturated/α-hetero) is 1. The summed E-state index contributed by atoms with van der Waals surface area (Å²) in [7, 11) is 1.37. The van der Waals surface area contributed by atoms with Crippen molar-refractivity contribution in [1.29, 1.82) is 0 Å². The zero-order chi connectivity index (χ0) is 20.1. The third kappa shape index (κ3) is 4.51. The molecule has 146 valence electrons. The lowest BCUT2D eigenvalue weighted by atomic mass is 10.2. The fraction of sp³-hybridized carbons (Fsp3) is 0.300. The van der Waals surface area contributed by atoms with Crippen molar-refractivity contribution in [3.05, 3.63) is 53.3 Å². The smallest absolute Gasteiger partial charge is 0.307 e. The second-order valence-electron chi connectivity index (χ2n) is 6.21. The van der Waals surface area contributed by atoms with E-state index in [9.17, 15) is 9.59 Å². The van der Waals surface area contributed by atoms with E-state index < -0.39 is 0 Å². The first-order chi connectivity index (χ1) is 13.5. The number of aromatic nitrogens is 3. The van der Waals surface area contributed by atoms with Gasteiger partial charge in [0.15, 0.2) is 5.78 Å². The minimum absolute atomic E-state index is 0.0260. The normalized spacial score (nSPS) is 10.8. The van der Waals surface area contributed by atoms with Gasteiger partial charge in [0, 0.05) is 29.1 Å². The molecule has 0 aliphatic rings. The lowest BCUT2D eigenvalue weighted by Crippen LogP contribution is -2.10. The van der Waals surface area contributed by atoms with Gasteiger partial charge in [-0.2, -0.15) is 0 Å². The molecule has 0 atom stereocenters. The van der Waals surface area contributed by atoms with Crippen LogP contribution in [0.1, 0.15) is 28.2 Å². The van der Waals surface area contributed by atoms with Crippen molar-refractivity contribution in [1.82, 2.24) is 14.8 Å². The molecular formula is C20H21N3O4S. The van der Waals surface area contributed by atoms with Crippen molar-refractivity contribution in [2.45, 2.75) is 32.0 Å². The van der Waals surface area contributed by atoms with Gasteiger partial charge in [-0.15, -0.1) is 10.2 Å². The number of esters is 1. The molecule has 0 aliphatic heterocycles. The molecule has 0 N–H and O–H groups in total. The lowest BCUT2D eigenvalue weighted by molar-refractivity contribution is -0.140. The molecule has 0 amide bonds. The van der Waals surface area contributed by atoms with E-state index >= 15 is 0 Å². The molecule has 28 heavy (non-hydrogen) atoms. The SMILES string of the molecule is COC(=O)CCn1c(C)cc(C(=O)CSc2nnc(-c3ccccc3)o2)c1C. The van der Waals surface area contributed by atoms with Gasteiger partial charge < -0.3 is 13.7 Å². The Balaban J connectivity index is 1.64. The Morgan fingerprint density at radius 1 is 1.18 bits per heavy atom. The number of hydrogen-bond donors (Lipinski definition) is 0. The summed E-state index contributed by atoms with van der Waals surface area (Å²) in [6, 6.07) is 11.3. The van der Waals surface area contributed by atoms with Crippen molar-refractivity contribution in [2.24, 2.45) is 0 Å². The topological polar surface area (TPSA) is 87.2 Å². The van der Waals surface area contributed by atoms with Crippen molar-refractivity contribution in [3.8, 4) is 11.5 Å². The second kappa shape index (κ2) is 8.88. The van der Waals surface area contributed by atoms with Gasteiger partial charge in [-0.05, 0) is 32.0 Å². The molecule has 1 aromatic carbocycles. The third-order valence-corrected chi connectivity index (χ3v) is 5.21. The number of benzene rings is 1. The molecular weight excluding hydrogens is 378 g/mol. The Labute approximate surface area is 167 Å². The Bertz CT molecular complexity index is 979. The van der Waals surface area contributed by atoms with Crippen LogP contribution in [0, 0.1) is 13.8 Å². The Kier molecular flexibility index (Phi) is 6.30. The number of carbonyl (C=O) groups is 2. The zero-order valence-electron chi connectivity index (χ0n) is 16.0. The van der Waals surface area contributed by atoms with E-state index in [0.717, 1.165) is 17.0 Å². The lowest BCUT2D eigenvalue weighted by Gasteiger charge is -2.08. The summed E-state index contributed by atoms with van der Waals surface area (Å²) in [5, 5.41) is 8.38. The summed E-state index contributed by atoms with van der Waals surface area (Å²) in [6.07, 6.45) is 0.263. The van der Waals surface area contributed by atoms with Gasteiger partial charge in [0.05, 0.1) is 19.3 Å². The number of thioether (sulfide) groups is 1. The molecule has 3 rings (SSSR count). The van der Waals surface area contributed by atoms with Crippen molar-refractivity contribution in [2.75, 3.05) is 12.9 Å². The Hall–Kier alpha value is -2.87. The van der Waals surface area contributed by atoms with E-state index in [1.807, 2.05) is 54.8 Å². The van der Waals surface area contributed by atoms with E-state index in [4.69, 9.17) is 4.42 Å². The summed E-state index contributed by atoms with van der Waals surface area (Å²) in [6.45, 7) is 4.27. The van der Waals surface area contributed by atoms with Gasteiger partial charge >= 0.3 is 5.97 Å². The number of ketones is 1. The highest BCUT2D eigenvalue weighted by Crippen LogP contribution is 2.25. The summed E-state index contributed by atoms with van der Waals surface area (Å²) in [5.41, 5.74) is 3.24. The van der Waals surface area contributed by atoms with Crippen LogP contribution in [0.2, 0.25) is 0 Å². The van der Waals surface area contributed by atoms with Gasteiger partial charge in [0.25, 0.3) is 5.22 Å². The van der Waals surface area contributed by atoms with Crippen LogP contribution < -0.4 is 0 Å². The number of hydrogen-bond acceptors (Lipinski definition) is 7. The molecule has 3 aromatic rings. The quantitative estimate of drug-likeness (QED) is 0.324. The maximum atomic E-state index is 12.7. The van der Waals surface area contributed by atoms with Crippen LogP contribution in [0.3, 0.4) is 0 Å². The van der Waals surface area contributed by atoms with Gasteiger partial charge in [-0.3, -0.25) is 9.59 Å². The van der Waals surface area contributed by atoms with E-state index in [1.54, 1.807) is 0 Å². The molecule has 0 radical (unpaired) electrons. The van der Waals surface area contributed by atoms with Gasteiger partial charge in [0.2, 0.25) is 5.89 Å². The van der Waals surface area contributed by atoms with Crippen molar-refractivity contribution in [3.63, 3.8) is 0 Å². The van der Waals surface area contributed by atoms with Crippen LogP contribution in [0.4, 0.5) is 0 Å². The van der Waals surface area contributed by atoms with Gasteiger partial charge in [-0.25, -0.2) is 0 Å². The number of nitrogens with zero attached hydrogens (tertiary/aromatic N) is 3. The minimum Gasteiger partial charge on any atom is -0.469 e. The molecule has 0 aliphatic carbocycles. The predicted molar refractivity (Wildman–Crippen MR) is 105 cm³/mol. The average Bonchev–Trinajstić information content (AvgIpc) is 3.30. The van der Waals surface area contributed by atoms with Gasteiger partial charge in [-0.1, -0.05) is 30.0 Å². The molecule has 0 saturated heterocycles. The van der Waals surface area contributed by atoms with Crippen molar-refractivity contribution < 1.29 is 18.7 Å². The third-order valence-electron chi connectivity index (χ3n) is 4.40. The van der Waals surface area contributed by atoms with Crippen LogP contribution in [-0.2, 0) is 16.1 Å². The first-order valence-electron chi connectivity index (χ1n) is 8.78. The van der Waals surface area contributed by atoms with Crippen LogP contribution in [0.15, 0.2) is 46.0 Å². The summed E-state index contributed by atoms with van der Waals surface area (Å²) < 4.78 is 12.3. The molecule has 0 fully saturated rings. The maximum Gasteiger partial charge on any atom is 0.307 e. The van der Waals surface area contributed by atoms with E-state index in [1.165, 1.54) is 18.9 Å². The number of ether oxygens (including phenoxy) is 1. The van der Waals surface area contributed by atoms with Crippen LogP contribution in [-0.4, -0.2) is 39.4 Å². The van der Waals surface area contributed by atoms with Crippen LogP contribution >= 0.6 is 11.8 Å². The first kappa shape index (κ1) is 19.9. The largest absolute Gasteiger partial charge is 0.469 e. The second-order valence-corrected chi connectivity index (χ2v) is 7.14. The van der Waals surface area contributed by atoms with Crippen LogP contribution in [0.5, 0.6) is 0 Å². The highest BCUT2D eigenvalue weighted by molar-refractivity contribution is 7.99. The molecule has 0 unspecified atom stereocenters. The van der Waals surface area contributed by atoms with Gasteiger partial charge in [0.1, 0.15) is 0 Å². The Morgan fingerprint density at radius 3 is 2.64 bits per heavy atom. The standard InChI is InChI=1S/C20H21N3O4S/c1-13-11-16(14(2)23(13)10-9-18(25)26-3)17(24)12-28-20-22-21-19(27-20)15-7-5-4-6-8-15/h4-8,11H,9-10,12H2,1-3H3. The molecule has 7 nitrogen and oxygen atoms in total. The Morgan fingerprint density at radius 2 is 1.93 bits per heavy atom. The fourth-order valence-corrected chi connectivity index (χ4v) is 3.55. The molecule has 2 aromatic heterocycles. The van der Waals surface area contributed by atoms with E-state index in [-0.39, 0.29) is 23.9 Å². The first-order valence-corrected chi connectivity index (χ1v) is 9.76. The number of methoxy groups -OCH3 is 1. The van der Waals surface area contributed by atoms with E-state index in [0.29, 0.717) is 23.2 Å². The number of aryl methyl sites for hydroxylation is 1. The summed E-state index contributed by atoms with van der Waals surface area (Å²) >= 11 is 1.21. The minimum atomic E-state index is -0.276. The van der Waals surface area contributed by atoms with Crippen molar-refractivity contribution >= 4 is 23.5 Å². The fourth-order valence-electron chi connectivity index (χ4n) is 2.90. The number of carbonyl (C=O) groups excluding carboxylic acids is 2. The highest BCUT2D eigenvalue weighted by Gasteiger charge is 2.18. The summed E-state index contributed by atoms with van der Waals surface area (Å²) in [5.74, 6) is 0.317. The van der Waals surface area contributed by atoms with Crippen LogP contribution in [0.25, 0.3) is 11.5 Å². The molecule has 8 heteroatoms. The molecule has 0 spiro atoms. The summed E-state index contributed by atoms with van der Waals surface area (Å²) in [4.78, 5) is 24.0. The molecule has 0 bridgehead atoms. The number of rotatable bonds is 8. The average molecular weight is 399 g/mol. The van der Waals surface area contributed by atoms with E-state index in [2.05, 4.69) is 14.9 Å².